The monoisotopic (exact) mass is 388 g/mol. The van der Waals surface area contributed by atoms with Crippen molar-refractivity contribution in [2.75, 3.05) is 33.4 Å². The van der Waals surface area contributed by atoms with E-state index >= 15 is 0 Å². The van der Waals surface area contributed by atoms with Gasteiger partial charge in [-0.25, -0.2) is 0 Å². The van der Waals surface area contributed by atoms with E-state index in [1.54, 1.807) is 19.2 Å². The van der Waals surface area contributed by atoms with Crippen LogP contribution in [-0.2, 0) is 0 Å². The van der Waals surface area contributed by atoms with E-state index in [0.29, 0.717) is 35.2 Å². The Morgan fingerprint density at radius 2 is 2.20 bits per heavy atom. The molecule has 7 heteroatoms. The van der Waals surface area contributed by atoms with Gasteiger partial charge in [-0.3, -0.25) is 4.79 Å². The van der Waals surface area contributed by atoms with Gasteiger partial charge >= 0.3 is 0 Å². The molecule has 25 heavy (non-hydrogen) atoms. The van der Waals surface area contributed by atoms with Gasteiger partial charge < -0.3 is 20.1 Å². The molecular weight excluding hydrogens is 363 g/mol. The molecule has 1 aromatic rings. The molecule has 1 amide bonds. The van der Waals surface area contributed by atoms with E-state index in [1.165, 1.54) is 5.57 Å². The SMILES string of the molecule is CCCCOc1c(Cl)cc(C(=O)NCC2=CCNCC2)cc1OC.Cl. The molecule has 0 fully saturated rings. The average Bonchev–Trinajstić information content (AvgIpc) is 2.61. The van der Waals surface area contributed by atoms with Crippen LogP contribution in [0.3, 0.4) is 0 Å². The Morgan fingerprint density at radius 3 is 2.84 bits per heavy atom. The van der Waals surface area contributed by atoms with Crippen molar-refractivity contribution in [2.24, 2.45) is 0 Å². The third kappa shape index (κ3) is 6.42. The summed E-state index contributed by atoms with van der Waals surface area (Å²) in [6.07, 6.45) is 5.04. The largest absolute Gasteiger partial charge is 0.493 e. The highest BCUT2D eigenvalue weighted by Crippen LogP contribution is 2.36. The van der Waals surface area contributed by atoms with Crippen LogP contribution >= 0.6 is 24.0 Å². The maximum atomic E-state index is 12.4. The van der Waals surface area contributed by atoms with Gasteiger partial charge in [-0.05, 0) is 31.5 Å². The van der Waals surface area contributed by atoms with Crippen LogP contribution in [0.15, 0.2) is 23.8 Å². The summed E-state index contributed by atoms with van der Waals surface area (Å²) in [5.74, 6) is 0.796. The van der Waals surface area contributed by atoms with E-state index in [-0.39, 0.29) is 18.3 Å². The second-order valence-corrected chi connectivity index (χ2v) is 6.10. The fourth-order valence-corrected chi connectivity index (χ4v) is 2.70. The number of carbonyl (C=O) groups is 1. The lowest BCUT2D eigenvalue weighted by Crippen LogP contribution is -2.29. The molecule has 0 aliphatic carbocycles. The van der Waals surface area contributed by atoms with E-state index in [0.717, 1.165) is 32.4 Å². The first-order valence-corrected chi connectivity index (χ1v) is 8.70. The van der Waals surface area contributed by atoms with Gasteiger partial charge in [0.05, 0.1) is 18.7 Å². The number of benzene rings is 1. The van der Waals surface area contributed by atoms with E-state index in [9.17, 15) is 4.79 Å². The van der Waals surface area contributed by atoms with E-state index < -0.39 is 0 Å². The van der Waals surface area contributed by atoms with Crippen molar-refractivity contribution < 1.29 is 14.3 Å². The summed E-state index contributed by atoms with van der Waals surface area (Å²) in [5, 5.41) is 6.56. The molecule has 1 heterocycles. The predicted molar refractivity (Wildman–Crippen MR) is 104 cm³/mol. The van der Waals surface area contributed by atoms with Crippen LogP contribution in [0.2, 0.25) is 5.02 Å². The number of carbonyl (C=O) groups excluding carboxylic acids is 1. The molecule has 2 N–H and O–H groups in total. The Bertz CT molecular complexity index is 606. The van der Waals surface area contributed by atoms with E-state index in [2.05, 4.69) is 23.6 Å². The van der Waals surface area contributed by atoms with Gasteiger partial charge in [0.1, 0.15) is 0 Å². The molecule has 1 aliphatic heterocycles. The average molecular weight is 389 g/mol. The smallest absolute Gasteiger partial charge is 0.251 e. The van der Waals surface area contributed by atoms with Gasteiger partial charge in [0.2, 0.25) is 0 Å². The number of amides is 1. The number of nitrogens with one attached hydrogen (secondary N) is 2. The van der Waals surface area contributed by atoms with Crippen molar-refractivity contribution in [2.45, 2.75) is 26.2 Å². The number of unbranched alkanes of at least 4 members (excludes halogenated alkanes) is 1. The third-order valence-corrected chi connectivity index (χ3v) is 4.15. The van der Waals surface area contributed by atoms with Crippen molar-refractivity contribution in [1.29, 1.82) is 0 Å². The lowest BCUT2D eigenvalue weighted by molar-refractivity contribution is 0.0956. The highest BCUT2D eigenvalue weighted by molar-refractivity contribution is 6.32. The first-order chi connectivity index (χ1) is 11.7. The Kier molecular flexibility index (Phi) is 9.71. The first-order valence-electron chi connectivity index (χ1n) is 8.32. The van der Waals surface area contributed by atoms with Crippen LogP contribution in [0.1, 0.15) is 36.5 Å². The third-order valence-electron chi connectivity index (χ3n) is 3.87. The second-order valence-electron chi connectivity index (χ2n) is 5.69. The summed E-state index contributed by atoms with van der Waals surface area (Å²) in [7, 11) is 1.54. The molecule has 0 radical (unpaired) electrons. The minimum atomic E-state index is -0.172. The Labute approximate surface area is 160 Å². The summed E-state index contributed by atoms with van der Waals surface area (Å²) < 4.78 is 11.0. The van der Waals surface area contributed by atoms with Crippen LogP contribution in [0.4, 0.5) is 0 Å². The van der Waals surface area contributed by atoms with Crippen molar-refractivity contribution in [1.82, 2.24) is 10.6 Å². The Hall–Kier alpha value is -1.43. The standard InChI is InChI=1S/C18H25ClN2O3.ClH/c1-3-4-9-24-17-15(19)10-14(11-16(17)23-2)18(22)21-12-13-5-7-20-8-6-13;/h5,10-11,20H,3-4,6-9,12H2,1-2H3,(H,21,22);1H. The summed E-state index contributed by atoms with van der Waals surface area (Å²) in [6.45, 7) is 5.02. The molecule has 0 spiro atoms. The minimum absolute atomic E-state index is 0. The minimum Gasteiger partial charge on any atom is -0.493 e. The maximum absolute atomic E-state index is 12.4. The quantitative estimate of drug-likeness (QED) is 0.527. The topological polar surface area (TPSA) is 59.6 Å². The summed E-state index contributed by atoms with van der Waals surface area (Å²) in [4.78, 5) is 12.4. The number of rotatable bonds is 8. The van der Waals surface area contributed by atoms with Crippen molar-refractivity contribution in [3.05, 3.63) is 34.4 Å². The van der Waals surface area contributed by atoms with Crippen molar-refractivity contribution in [3.63, 3.8) is 0 Å². The molecule has 0 aromatic heterocycles. The Balaban J connectivity index is 0.00000312. The zero-order valence-corrected chi connectivity index (χ0v) is 16.3. The lowest BCUT2D eigenvalue weighted by atomic mass is 10.1. The molecular formula is C18H26Cl2N2O3. The molecule has 0 atom stereocenters. The summed E-state index contributed by atoms with van der Waals surface area (Å²) in [5.41, 5.74) is 1.70. The molecule has 1 aliphatic rings. The van der Waals surface area contributed by atoms with Gasteiger partial charge in [0.25, 0.3) is 5.91 Å². The van der Waals surface area contributed by atoms with Gasteiger partial charge in [0.15, 0.2) is 11.5 Å². The Morgan fingerprint density at radius 1 is 1.40 bits per heavy atom. The fraction of sp³-hybridized carbons (Fsp3) is 0.500. The molecule has 140 valence electrons. The zero-order chi connectivity index (χ0) is 17.4. The number of methoxy groups -OCH3 is 1. The van der Waals surface area contributed by atoms with Gasteiger partial charge in [-0.2, -0.15) is 0 Å². The summed E-state index contributed by atoms with van der Waals surface area (Å²) in [6, 6.07) is 3.29. The molecule has 0 bridgehead atoms. The molecule has 5 nitrogen and oxygen atoms in total. The van der Waals surface area contributed by atoms with Gasteiger partial charge in [-0.1, -0.05) is 36.6 Å². The van der Waals surface area contributed by atoms with Gasteiger partial charge in [0, 0.05) is 18.7 Å². The highest BCUT2D eigenvalue weighted by atomic mass is 35.5. The molecule has 0 saturated heterocycles. The number of hydrogen-bond donors (Lipinski definition) is 2. The van der Waals surface area contributed by atoms with Crippen LogP contribution in [0, 0.1) is 0 Å². The molecule has 2 rings (SSSR count). The van der Waals surface area contributed by atoms with Crippen molar-refractivity contribution in [3.8, 4) is 11.5 Å². The first kappa shape index (κ1) is 21.6. The number of hydrogen-bond acceptors (Lipinski definition) is 4. The molecule has 0 saturated carbocycles. The van der Waals surface area contributed by atoms with Crippen LogP contribution in [0.25, 0.3) is 0 Å². The normalized spacial score (nSPS) is 13.5. The fourth-order valence-electron chi connectivity index (χ4n) is 2.44. The highest BCUT2D eigenvalue weighted by Gasteiger charge is 2.16. The van der Waals surface area contributed by atoms with Crippen molar-refractivity contribution >= 4 is 29.9 Å². The second kappa shape index (κ2) is 11.2. The van der Waals surface area contributed by atoms with E-state index in [4.69, 9.17) is 21.1 Å². The lowest BCUT2D eigenvalue weighted by Gasteiger charge is -2.16. The van der Waals surface area contributed by atoms with Crippen LogP contribution in [-0.4, -0.2) is 39.3 Å². The predicted octanol–water partition coefficient (Wildman–Crippen LogP) is 3.60. The maximum Gasteiger partial charge on any atom is 0.251 e. The van der Waals surface area contributed by atoms with E-state index in [1.807, 2.05) is 0 Å². The van der Waals surface area contributed by atoms with Crippen LogP contribution in [0.5, 0.6) is 11.5 Å². The van der Waals surface area contributed by atoms with Gasteiger partial charge in [-0.15, -0.1) is 12.4 Å². The number of ether oxygens (including phenoxy) is 2. The zero-order valence-electron chi connectivity index (χ0n) is 14.7. The van der Waals surface area contributed by atoms with Crippen LogP contribution < -0.4 is 20.1 Å². The molecule has 1 aromatic carbocycles. The summed E-state index contributed by atoms with van der Waals surface area (Å²) >= 11 is 6.28. The molecule has 0 unspecified atom stereocenters. The number of halogens is 2.